The van der Waals surface area contributed by atoms with Gasteiger partial charge < -0.3 is 9.64 Å². The fraction of sp³-hybridized carbons (Fsp3) is 0.765. The van der Waals surface area contributed by atoms with Gasteiger partial charge in [0.2, 0.25) is 5.91 Å². The molecular weight excluding hydrogens is 292 g/mol. The van der Waals surface area contributed by atoms with Crippen LogP contribution < -0.4 is 0 Å². The van der Waals surface area contributed by atoms with Crippen LogP contribution in [0, 0.1) is 11.8 Å². The average molecular weight is 318 g/mol. The number of carbonyl (C=O) groups is 1. The van der Waals surface area contributed by atoms with Crippen LogP contribution in [0.1, 0.15) is 19.3 Å². The molecule has 0 aliphatic carbocycles. The van der Waals surface area contributed by atoms with Crippen molar-refractivity contribution in [3.8, 4) is 0 Å². The predicted octanol–water partition coefficient (Wildman–Crippen LogP) is 0.841. The van der Waals surface area contributed by atoms with Crippen molar-refractivity contribution in [2.24, 2.45) is 11.8 Å². The van der Waals surface area contributed by atoms with Gasteiger partial charge in [0.05, 0.1) is 19.1 Å². The van der Waals surface area contributed by atoms with E-state index in [0.29, 0.717) is 30.5 Å². The lowest BCUT2D eigenvalue weighted by atomic mass is 9.91. The Morgan fingerprint density at radius 1 is 1.39 bits per heavy atom. The summed E-state index contributed by atoms with van der Waals surface area (Å²) in [6, 6.07) is 3.11. The number of piperidine rings is 1. The SMILES string of the molecule is CN1[C@@H](Cn2cccn2)C[C@@H]2CN(C(=O)[C@@H]3CCOC3)CC[C@@H]21. The van der Waals surface area contributed by atoms with Gasteiger partial charge in [-0.2, -0.15) is 5.10 Å². The summed E-state index contributed by atoms with van der Waals surface area (Å²) in [6.45, 7) is 4.12. The zero-order valence-electron chi connectivity index (χ0n) is 13.8. The highest BCUT2D eigenvalue weighted by Crippen LogP contribution is 2.35. The summed E-state index contributed by atoms with van der Waals surface area (Å²) in [5.41, 5.74) is 0. The van der Waals surface area contributed by atoms with Crippen molar-refractivity contribution in [1.29, 1.82) is 0 Å². The molecular formula is C17H26N4O2. The molecule has 4 rings (SSSR count). The van der Waals surface area contributed by atoms with Gasteiger partial charge in [-0.05, 0) is 38.3 Å². The van der Waals surface area contributed by atoms with Gasteiger partial charge >= 0.3 is 0 Å². The molecule has 4 atom stereocenters. The summed E-state index contributed by atoms with van der Waals surface area (Å²) >= 11 is 0. The maximum atomic E-state index is 12.6. The fourth-order valence-electron chi connectivity index (χ4n) is 4.59. The monoisotopic (exact) mass is 318 g/mol. The molecule has 6 nitrogen and oxygen atoms in total. The van der Waals surface area contributed by atoms with Crippen molar-refractivity contribution in [2.45, 2.75) is 37.9 Å². The Morgan fingerprint density at radius 3 is 3.04 bits per heavy atom. The van der Waals surface area contributed by atoms with E-state index in [1.807, 2.05) is 23.1 Å². The molecule has 0 radical (unpaired) electrons. The molecule has 0 bridgehead atoms. The second-order valence-corrected chi connectivity index (χ2v) is 7.24. The van der Waals surface area contributed by atoms with Crippen molar-refractivity contribution in [1.82, 2.24) is 19.6 Å². The van der Waals surface area contributed by atoms with E-state index in [1.54, 1.807) is 0 Å². The smallest absolute Gasteiger partial charge is 0.228 e. The first-order valence-electron chi connectivity index (χ1n) is 8.78. The molecule has 3 aliphatic heterocycles. The van der Waals surface area contributed by atoms with Crippen LogP contribution in [0.25, 0.3) is 0 Å². The van der Waals surface area contributed by atoms with Crippen molar-refractivity contribution in [2.75, 3.05) is 33.4 Å². The zero-order valence-corrected chi connectivity index (χ0v) is 13.8. The number of nitrogens with zero attached hydrogens (tertiary/aromatic N) is 4. The van der Waals surface area contributed by atoms with E-state index in [-0.39, 0.29) is 5.92 Å². The molecule has 3 fully saturated rings. The number of hydrogen-bond donors (Lipinski definition) is 0. The average Bonchev–Trinajstić information content (AvgIpc) is 3.30. The summed E-state index contributed by atoms with van der Waals surface area (Å²) in [7, 11) is 2.24. The van der Waals surface area contributed by atoms with E-state index in [4.69, 9.17) is 4.74 Å². The van der Waals surface area contributed by atoms with Gasteiger partial charge in [0.25, 0.3) is 0 Å². The van der Waals surface area contributed by atoms with Crippen molar-refractivity contribution in [3.63, 3.8) is 0 Å². The molecule has 1 aromatic rings. The molecule has 1 aromatic heterocycles. The lowest BCUT2D eigenvalue weighted by Gasteiger charge is -2.38. The summed E-state index contributed by atoms with van der Waals surface area (Å²) in [5.74, 6) is 1.02. The number of rotatable bonds is 3. The number of likely N-dealkylation sites (N-methyl/N-ethyl adjacent to an activating group) is 1. The summed E-state index contributed by atoms with van der Waals surface area (Å²) in [5, 5.41) is 4.34. The van der Waals surface area contributed by atoms with Crippen LogP contribution in [0.3, 0.4) is 0 Å². The van der Waals surface area contributed by atoms with E-state index in [2.05, 4.69) is 21.9 Å². The number of likely N-dealkylation sites (tertiary alicyclic amines) is 2. The molecule has 0 aromatic carbocycles. The third kappa shape index (κ3) is 2.90. The molecule has 0 unspecified atom stereocenters. The largest absolute Gasteiger partial charge is 0.381 e. The van der Waals surface area contributed by atoms with Crippen LogP contribution >= 0.6 is 0 Å². The number of carbonyl (C=O) groups excluding carboxylic acids is 1. The lowest BCUT2D eigenvalue weighted by molar-refractivity contribution is -0.137. The van der Waals surface area contributed by atoms with Crippen LogP contribution in [-0.4, -0.2) is 70.9 Å². The number of aromatic nitrogens is 2. The minimum absolute atomic E-state index is 0.102. The molecule has 4 heterocycles. The van der Waals surface area contributed by atoms with Crippen LogP contribution in [0.2, 0.25) is 0 Å². The highest BCUT2D eigenvalue weighted by Gasteiger charge is 2.43. The molecule has 23 heavy (non-hydrogen) atoms. The second-order valence-electron chi connectivity index (χ2n) is 7.24. The van der Waals surface area contributed by atoms with Gasteiger partial charge in [-0.1, -0.05) is 0 Å². The zero-order chi connectivity index (χ0) is 15.8. The van der Waals surface area contributed by atoms with Gasteiger partial charge in [-0.15, -0.1) is 0 Å². The Labute approximate surface area is 137 Å². The first kappa shape index (κ1) is 15.1. The Hall–Kier alpha value is -1.40. The van der Waals surface area contributed by atoms with Crippen molar-refractivity contribution >= 4 is 5.91 Å². The van der Waals surface area contributed by atoms with Crippen LogP contribution in [0.15, 0.2) is 18.5 Å². The molecule has 3 aliphatic rings. The molecule has 126 valence electrons. The summed E-state index contributed by atoms with van der Waals surface area (Å²) < 4.78 is 7.41. The minimum atomic E-state index is 0.102. The van der Waals surface area contributed by atoms with Gasteiger partial charge in [0, 0.05) is 44.2 Å². The van der Waals surface area contributed by atoms with Gasteiger partial charge in [0.1, 0.15) is 0 Å². The highest BCUT2D eigenvalue weighted by atomic mass is 16.5. The summed E-state index contributed by atoms with van der Waals surface area (Å²) in [4.78, 5) is 17.2. The molecule has 0 saturated carbocycles. The van der Waals surface area contributed by atoms with E-state index in [1.165, 1.54) is 0 Å². The number of ether oxygens (including phenoxy) is 1. The number of amides is 1. The molecule has 0 spiro atoms. The predicted molar refractivity (Wildman–Crippen MR) is 85.8 cm³/mol. The number of hydrogen-bond acceptors (Lipinski definition) is 4. The maximum absolute atomic E-state index is 12.6. The fourth-order valence-corrected chi connectivity index (χ4v) is 4.59. The quantitative estimate of drug-likeness (QED) is 0.829. The first-order valence-corrected chi connectivity index (χ1v) is 8.78. The van der Waals surface area contributed by atoms with Crippen molar-refractivity contribution < 1.29 is 9.53 Å². The topological polar surface area (TPSA) is 50.6 Å². The highest BCUT2D eigenvalue weighted by molar-refractivity contribution is 5.79. The minimum Gasteiger partial charge on any atom is -0.381 e. The van der Waals surface area contributed by atoms with Crippen LogP contribution in [-0.2, 0) is 16.1 Å². The second kappa shape index (κ2) is 6.24. The Kier molecular flexibility index (Phi) is 4.11. The van der Waals surface area contributed by atoms with Crippen molar-refractivity contribution in [3.05, 3.63) is 18.5 Å². The molecule has 0 N–H and O–H groups in total. The van der Waals surface area contributed by atoms with Crippen LogP contribution in [0.4, 0.5) is 0 Å². The molecule has 1 amide bonds. The third-order valence-corrected chi connectivity index (χ3v) is 5.92. The van der Waals surface area contributed by atoms with Gasteiger partial charge in [-0.3, -0.25) is 14.4 Å². The standard InChI is InChI=1S/C17H26N4O2/c1-19-15(11-21-6-2-5-18-21)9-14-10-20(7-3-16(14)19)17(22)13-4-8-23-12-13/h2,5-6,13-16H,3-4,7-12H2,1H3/t13-,14-,15-,16+/m1/s1. The maximum Gasteiger partial charge on any atom is 0.228 e. The number of fused-ring (bicyclic) bond motifs is 1. The normalized spacial score (nSPS) is 34.7. The van der Waals surface area contributed by atoms with E-state index in [0.717, 1.165) is 45.5 Å². The van der Waals surface area contributed by atoms with E-state index in [9.17, 15) is 4.79 Å². The molecule has 3 saturated heterocycles. The first-order chi connectivity index (χ1) is 11.2. The summed E-state index contributed by atoms with van der Waals surface area (Å²) in [6.07, 6.45) is 7.02. The van der Waals surface area contributed by atoms with Gasteiger partial charge in [-0.25, -0.2) is 0 Å². The Bertz CT molecular complexity index is 541. The lowest BCUT2D eigenvalue weighted by Crippen LogP contribution is -2.49. The van der Waals surface area contributed by atoms with E-state index < -0.39 is 0 Å². The van der Waals surface area contributed by atoms with Gasteiger partial charge in [0.15, 0.2) is 0 Å². The van der Waals surface area contributed by atoms with Crippen LogP contribution in [0.5, 0.6) is 0 Å². The Balaban J connectivity index is 1.38. The Morgan fingerprint density at radius 2 is 2.30 bits per heavy atom. The van der Waals surface area contributed by atoms with E-state index >= 15 is 0 Å². The third-order valence-electron chi connectivity index (χ3n) is 5.92. The molecule has 6 heteroatoms.